The van der Waals surface area contributed by atoms with Gasteiger partial charge in [0.05, 0.1) is 6.61 Å². The second kappa shape index (κ2) is 8.42. The zero-order valence-electron chi connectivity index (χ0n) is 16.7. The lowest BCUT2D eigenvalue weighted by Crippen LogP contribution is -2.60. The molecule has 0 radical (unpaired) electrons. The van der Waals surface area contributed by atoms with Crippen molar-refractivity contribution >= 4 is 11.0 Å². The number of hydrogen-bond donors (Lipinski definition) is 7. The molecule has 1 fully saturated rings. The van der Waals surface area contributed by atoms with Crippen LogP contribution in [0.25, 0.3) is 22.3 Å². The van der Waals surface area contributed by atoms with Gasteiger partial charge in [0.2, 0.25) is 17.5 Å². The van der Waals surface area contributed by atoms with Gasteiger partial charge in [-0.3, -0.25) is 4.79 Å². The number of hydrogen-bond acceptors (Lipinski definition) is 12. The summed E-state index contributed by atoms with van der Waals surface area (Å²) in [6.45, 7) is -0.747. The molecule has 0 bridgehead atoms. The van der Waals surface area contributed by atoms with Gasteiger partial charge in [-0.15, -0.1) is 0 Å². The van der Waals surface area contributed by atoms with Crippen molar-refractivity contribution in [1.82, 2.24) is 0 Å². The molecule has 5 atom stereocenters. The monoisotopic (exact) mass is 463 g/mol. The van der Waals surface area contributed by atoms with Crippen molar-refractivity contribution in [3.63, 3.8) is 0 Å². The lowest BCUT2D eigenvalue weighted by Gasteiger charge is -2.39. The normalized spacial score (nSPS) is 25.3. The summed E-state index contributed by atoms with van der Waals surface area (Å²) in [5, 5.41) is 80.5. The molecule has 12 nitrogen and oxygen atoms in total. The van der Waals surface area contributed by atoms with E-state index in [-0.39, 0.29) is 16.9 Å². The molecule has 0 spiro atoms. The van der Waals surface area contributed by atoms with Gasteiger partial charge >= 0.3 is 0 Å². The average Bonchev–Trinajstić information content (AvgIpc) is 2.76. The van der Waals surface area contributed by atoms with Crippen LogP contribution in [0.1, 0.15) is 0 Å². The quantitative estimate of drug-likeness (QED) is 0.244. The highest BCUT2D eigenvalue weighted by atomic mass is 16.7. The van der Waals surface area contributed by atoms with Crippen LogP contribution in [0.15, 0.2) is 39.5 Å². The second-order valence-corrected chi connectivity index (χ2v) is 7.43. The van der Waals surface area contributed by atoms with E-state index in [9.17, 15) is 45.6 Å². The predicted molar refractivity (Wildman–Crippen MR) is 107 cm³/mol. The van der Waals surface area contributed by atoms with Crippen molar-refractivity contribution in [3.05, 3.63) is 40.6 Å². The molecule has 1 aliphatic rings. The van der Waals surface area contributed by atoms with E-state index >= 15 is 0 Å². The van der Waals surface area contributed by atoms with Crippen molar-refractivity contribution in [2.45, 2.75) is 30.7 Å². The van der Waals surface area contributed by atoms with Gasteiger partial charge in [0.1, 0.15) is 52.6 Å². The van der Waals surface area contributed by atoms with E-state index in [1.807, 2.05) is 0 Å². The zero-order valence-corrected chi connectivity index (χ0v) is 16.7. The Bertz CT molecular complexity index is 1250. The number of aromatic hydroxyl groups is 3. The molecule has 1 aliphatic heterocycles. The molecule has 4 rings (SSSR count). The predicted octanol–water partition coefficient (Wildman–Crippen LogP) is -1.17. The summed E-state index contributed by atoms with van der Waals surface area (Å²) in [4.78, 5) is 13.2. The third kappa shape index (κ3) is 3.90. The van der Waals surface area contributed by atoms with Gasteiger partial charge < -0.3 is 54.7 Å². The molecule has 3 aromatic rings. The fourth-order valence-electron chi connectivity index (χ4n) is 3.50. The van der Waals surface area contributed by atoms with Crippen LogP contribution in [0, 0.1) is 0 Å². The van der Waals surface area contributed by atoms with Crippen LogP contribution < -0.4 is 15.3 Å². The van der Waals surface area contributed by atoms with E-state index in [0.29, 0.717) is 0 Å². The van der Waals surface area contributed by atoms with Crippen LogP contribution in [0.5, 0.6) is 28.7 Å². The van der Waals surface area contributed by atoms with Crippen LogP contribution in [0.4, 0.5) is 0 Å². The van der Waals surface area contributed by atoms with Gasteiger partial charge in [0, 0.05) is 17.7 Å². The van der Waals surface area contributed by atoms with Crippen molar-refractivity contribution < 1.29 is 54.7 Å². The average molecular weight is 463 g/mol. The van der Waals surface area contributed by atoms with Crippen LogP contribution in [-0.2, 0) is 4.74 Å². The Hall–Kier alpha value is -3.55. The number of rotatable bonds is 4. The molecule has 0 unspecified atom stereocenters. The highest BCUT2D eigenvalue weighted by Gasteiger charge is 2.45. The second-order valence-electron chi connectivity index (χ2n) is 7.43. The van der Waals surface area contributed by atoms with Gasteiger partial charge in [-0.1, -0.05) is 17.9 Å². The summed E-state index contributed by atoms with van der Waals surface area (Å²) in [7, 11) is 0. The van der Waals surface area contributed by atoms with E-state index in [1.165, 1.54) is 6.07 Å². The Morgan fingerprint density at radius 2 is 1.70 bits per heavy atom. The zero-order chi connectivity index (χ0) is 24.0. The van der Waals surface area contributed by atoms with E-state index < -0.39 is 76.9 Å². The fraction of sp³-hybridized carbons (Fsp3) is 0.286. The van der Waals surface area contributed by atoms with E-state index in [4.69, 9.17) is 13.9 Å². The third-order valence-corrected chi connectivity index (χ3v) is 5.22. The summed E-state index contributed by atoms with van der Waals surface area (Å²) < 4.78 is 16.4. The first-order valence-electron chi connectivity index (χ1n) is 9.62. The smallest absolute Gasteiger partial charge is 0.239 e. The summed E-state index contributed by atoms with van der Waals surface area (Å²) in [5.74, 6) is -3.48. The largest absolute Gasteiger partial charge is 0.870 e. The number of fused-ring (bicyclic) bond motifs is 1. The van der Waals surface area contributed by atoms with Gasteiger partial charge in [-0.05, 0) is 6.07 Å². The first-order valence-corrected chi connectivity index (χ1v) is 9.62. The minimum atomic E-state index is -1.86. The van der Waals surface area contributed by atoms with Crippen LogP contribution >= 0.6 is 0 Å². The maximum atomic E-state index is 13.2. The molecule has 176 valence electrons. The van der Waals surface area contributed by atoms with Gasteiger partial charge in [0.25, 0.3) is 0 Å². The number of phenolic OH excluding ortho intramolecular Hbond substituents is 3. The van der Waals surface area contributed by atoms with E-state index in [0.717, 1.165) is 24.3 Å². The van der Waals surface area contributed by atoms with Crippen LogP contribution in [0.3, 0.4) is 0 Å². The molecule has 0 amide bonds. The first-order chi connectivity index (χ1) is 15.6. The fourth-order valence-corrected chi connectivity index (χ4v) is 3.50. The Labute approximate surface area is 184 Å². The molecular weight excluding hydrogens is 444 g/mol. The summed E-state index contributed by atoms with van der Waals surface area (Å²) in [6.07, 6.45) is -8.45. The highest BCUT2D eigenvalue weighted by Crippen LogP contribution is 2.38. The maximum Gasteiger partial charge on any atom is 0.239 e. The summed E-state index contributed by atoms with van der Waals surface area (Å²) in [6, 6.07) is 5.10. The van der Waals surface area contributed by atoms with Crippen molar-refractivity contribution in [2.24, 2.45) is 0 Å². The lowest BCUT2D eigenvalue weighted by molar-refractivity contribution is -0.277. The number of aliphatic hydroxyl groups excluding tert-OH is 4. The SMILES string of the molecule is O=c1c(O[C@@H]2O[C@H](CO)[C@@H](O)[C@H](O)[C@H]2O)c(-c2ccc([O-])c(O)c2)oc2cc(O)cc(O)c12. The van der Waals surface area contributed by atoms with Gasteiger partial charge in [0.15, 0.2) is 5.76 Å². The van der Waals surface area contributed by atoms with E-state index in [1.54, 1.807) is 0 Å². The Morgan fingerprint density at radius 3 is 2.36 bits per heavy atom. The minimum absolute atomic E-state index is 0.0199. The Kier molecular flexibility index (Phi) is 5.78. The van der Waals surface area contributed by atoms with Crippen LogP contribution in [-0.4, -0.2) is 73.1 Å². The molecular formula is C21H19O12-. The number of ether oxygens (including phenoxy) is 2. The van der Waals surface area contributed by atoms with E-state index in [2.05, 4.69) is 0 Å². The van der Waals surface area contributed by atoms with Gasteiger partial charge in [-0.25, -0.2) is 0 Å². The number of aliphatic hydroxyl groups is 4. The maximum absolute atomic E-state index is 13.2. The minimum Gasteiger partial charge on any atom is -0.870 e. The molecule has 1 saturated heterocycles. The third-order valence-electron chi connectivity index (χ3n) is 5.22. The molecule has 2 heterocycles. The highest BCUT2D eigenvalue weighted by molar-refractivity contribution is 5.88. The lowest BCUT2D eigenvalue weighted by atomic mass is 9.99. The Balaban J connectivity index is 1.91. The van der Waals surface area contributed by atoms with Gasteiger partial charge in [-0.2, -0.15) is 0 Å². The van der Waals surface area contributed by atoms with Crippen molar-refractivity contribution in [1.29, 1.82) is 0 Å². The molecule has 7 N–H and O–H groups in total. The number of benzene rings is 2. The molecule has 0 aliphatic carbocycles. The van der Waals surface area contributed by atoms with Crippen molar-refractivity contribution in [2.75, 3.05) is 6.61 Å². The van der Waals surface area contributed by atoms with Crippen LogP contribution in [0.2, 0.25) is 0 Å². The topological polar surface area (TPSA) is 213 Å². The summed E-state index contributed by atoms with van der Waals surface area (Å²) in [5.41, 5.74) is -1.26. The molecule has 1 aromatic heterocycles. The summed E-state index contributed by atoms with van der Waals surface area (Å²) >= 11 is 0. The number of phenols is 3. The molecule has 12 heteroatoms. The Morgan fingerprint density at radius 1 is 0.970 bits per heavy atom. The molecule has 2 aromatic carbocycles. The molecule has 0 saturated carbocycles. The first kappa shape index (κ1) is 22.6. The van der Waals surface area contributed by atoms with Crippen molar-refractivity contribution in [3.8, 4) is 40.1 Å². The molecule has 33 heavy (non-hydrogen) atoms. The standard InChI is InChI=1S/C21H20O12/c22-6-13-15(27)17(29)18(30)21(32-13)33-20-16(28)14-11(26)4-8(23)5-12(14)31-19(20)7-1-2-9(24)10(25)3-7/h1-5,13,15,17-18,21-27,29-30H,6H2/p-1/t13-,15-,17+,18-,21+/m1/s1.